The second kappa shape index (κ2) is 6.70. The molecule has 0 saturated heterocycles. The zero-order valence-corrected chi connectivity index (χ0v) is 10.8. The average Bonchev–Trinajstić information content (AvgIpc) is 2.94. The fraction of sp³-hybridized carbons (Fsp3) is 0.286. The predicted molar refractivity (Wildman–Crippen MR) is 70.8 cm³/mol. The van der Waals surface area contributed by atoms with Crippen molar-refractivity contribution in [2.45, 2.75) is 6.42 Å². The number of carbonyl (C=O) groups is 1. The summed E-state index contributed by atoms with van der Waals surface area (Å²) < 4.78 is 10.3. The fourth-order valence-corrected chi connectivity index (χ4v) is 1.60. The fourth-order valence-electron chi connectivity index (χ4n) is 1.60. The van der Waals surface area contributed by atoms with Gasteiger partial charge in [0.1, 0.15) is 0 Å². The molecule has 1 amide bonds. The number of hydrogen-bond donors (Lipinski definition) is 1. The Hall–Kier alpha value is -2.14. The summed E-state index contributed by atoms with van der Waals surface area (Å²) in [7, 11) is 1.63. The summed E-state index contributed by atoms with van der Waals surface area (Å²) in [4.78, 5) is 15.9. The van der Waals surface area contributed by atoms with Gasteiger partial charge in [0.05, 0.1) is 6.20 Å². The molecule has 5 nitrogen and oxygen atoms in total. The van der Waals surface area contributed by atoms with Crippen molar-refractivity contribution < 1.29 is 13.9 Å². The molecule has 0 aliphatic rings. The molecule has 0 spiro atoms. The molecule has 0 fully saturated rings. The van der Waals surface area contributed by atoms with Crippen LogP contribution in [0.2, 0.25) is 0 Å². The number of methoxy groups -OCH3 is 1. The number of nitrogens with zero attached hydrogens (tertiary/aromatic N) is 1. The first kappa shape index (κ1) is 13.3. The Labute approximate surface area is 111 Å². The minimum Gasteiger partial charge on any atom is -0.431 e. The highest BCUT2D eigenvalue weighted by Gasteiger charge is 2.12. The van der Waals surface area contributed by atoms with Gasteiger partial charge in [-0.05, 0) is 18.6 Å². The van der Waals surface area contributed by atoms with E-state index in [4.69, 9.17) is 9.15 Å². The van der Waals surface area contributed by atoms with Crippen molar-refractivity contribution in [3.8, 4) is 11.5 Å². The Morgan fingerprint density at radius 3 is 2.89 bits per heavy atom. The quantitative estimate of drug-likeness (QED) is 0.808. The van der Waals surface area contributed by atoms with Crippen LogP contribution in [0.25, 0.3) is 11.5 Å². The van der Waals surface area contributed by atoms with Crippen molar-refractivity contribution >= 4 is 5.91 Å². The maximum atomic E-state index is 11.8. The number of hydrogen-bond acceptors (Lipinski definition) is 4. The maximum Gasteiger partial charge on any atom is 0.288 e. The first-order valence-electron chi connectivity index (χ1n) is 6.09. The van der Waals surface area contributed by atoms with Crippen LogP contribution in [-0.2, 0) is 4.74 Å². The van der Waals surface area contributed by atoms with Gasteiger partial charge in [-0.2, -0.15) is 0 Å². The lowest BCUT2D eigenvalue weighted by molar-refractivity contribution is 0.0922. The molecule has 0 aliphatic heterocycles. The van der Waals surface area contributed by atoms with E-state index < -0.39 is 0 Å². The summed E-state index contributed by atoms with van der Waals surface area (Å²) in [6, 6.07) is 9.46. The Bertz CT molecular complexity index is 522. The molecular weight excluding hydrogens is 244 g/mol. The molecule has 0 bridgehead atoms. The second-order valence-corrected chi connectivity index (χ2v) is 4.00. The lowest BCUT2D eigenvalue weighted by Gasteiger charge is -2.01. The van der Waals surface area contributed by atoms with Gasteiger partial charge in [-0.25, -0.2) is 4.98 Å². The van der Waals surface area contributed by atoms with Crippen LogP contribution in [0.3, 0.4) is 0 Å². The van der Waals surface area contributed by atoms with E-state index in [0.29, 0.717) is 19.0 Å². The van der Waals surface area contributed by atoms with E-state index in [-0.39, 0.29) is 11.7 Å². The molecule has 1 N–H and O–H groups in total. The number of oxazole rings is 1. The first-order valence-corrected chi connectivity index (χ1v) is 6.09. The van der Waals surface area contributed by atoms with Crippen LogP contribution in [-0.4, -0.2) is 31.2 Å². The van der Waals surface area contributed by atoms with Gasteiger partial charge in [0.25, 0.3) is 5.91 Å². The Balaban J connectivity index is 1.95. The highest BCUT2D eigenvalue weighted by Crippen LogP contribution is 2.18. The van der Waals surface area contributed by atoms with E-state index in [1.165, 1.54) is 6.20 Å². The molecule has 0 saturated carbocycles. The number of carbonyl (C=O) groups excluding carboxylic acids is 1. The van der Waals surface area contributed by atoms with E-state index in [1.54, 1.807) is 7.11 Å². The zero-order chi connectivity index (χ0) is 13.5. The predicted octanol–water partition coefficient (Wildman–Crippen LogP) is 2.11. The molecule has 1 aromatic heterocycles. The standard InChI is InChI=1S/C14H16N2O3/c1-18-9-5-8-15-13(17)12-10-16-14(19-12)11-6-3-2-4-7-11/h2-4,6-7,10H,5,8-9H2,1H3,(H,15,17). The highest BCUT2D eigenvalue weighted by atomic mass is 16.5. The normalized spacial score (nSPS) is 10.4. The van der Waals surface area contributed by atoms with Crippen LogP contribution >= 0.6 is 0 Å². The van der Waals surface area contributed by atoms with Crippen LogP contribution in [0.5, 0.6) is 0 Å². The molecule has 100 valence electrons. The second-order valence-electron chi connectivity index (χ2n) is 4.00. The van der Waals surface area contributed by atoms with Crippen molar-refractivity contribution in [1.82, 2.24) is 10.3 Å². The molecule has 2 rings (SSSR count). The number of aromatic nitrogens is 1. The van der Waals surface area contributed by atoms with Gasteiger partial charge in [-0.3, -0.25) is 4.79 Å². The number of nitrogens with one attached hydrogen (secondary N) is 1. The van der Waals surface area contributed by atoms with Gasteiger partial charge in [0.15, 0.2) is 0 Å². The van der Waals surface area contributed by atoms with E-state index in [0.717, 1.165) is 12.0 Å². The number of benzene rings is 1. The summed E-state index contributed by atoms with van der Waals surface area (Å²) in [6.45, 7) is 1.17. The molecule has 0 radical (unpaired) electrons. The molecule has 1 aromatic carbocycles. The smallest absolute Gasteiger partial charge is 0.288 e. The average molecular weight is 260 g/mol. The number of rotatable bonds is 6. The maximum absolute atomic E-state index is 11.8. The van der Waals surface area contributed by atoms with Crippen LogP contribution in [0.4, 0.5) is 0 Å². The largest absolute Gasteiger partial charge is 0.431 e. The summed E-state index contributed by atoms with van der Waals surface area (Å²) in [6.07, 6.45) is 2.20. The van der Waals surface area contributed by atoms with Gasteiger partial charge in [0, 0.05) is 25.8 Å². The van der Waals surface area contributed by atoms with Crippen LogP contribution in [0.15, 0.2) is 40.9 Å². The van der Waals surface area contributed by atoms with Crippen LogP contribution in [0.1, 0.15) is 17.0 Å². The first-order chi connectivity index (χ1) is 9.31. The summed E-state index contributed by atoms with van der Waals surface area (Å²) in [5.41, 5.74) is 0.848. The van der Waals surface area contributed by atoms with Crippen LogP contribution < -0.4 is 5.32 Å². The zero-order valence-electron chi connectivity index (χ0n) is 10.8. The van der Waals surface area contributed by atoms with Crippen molar-refractivity contribution in [3.63, 3.8) is 0 Å². The minimum atomic E-state index is -0.259. The summed E-state index contributed by atoms with van der Waals surface area (Å²) >= 11 is 0. The third kappa shape index (κ3) is 3.66. The van der Waals surface area contributed by atoms with E-state index >= 15 is 0 Å². The van der Waals surface area contributed by atoms with Crippen molar-refractivity contribution in [2.24, 2.45) is 0 Å². The van der Waals surface area contributed by atoms with Gasteiger partial charge < -0.3 is 14.5 Å². The molecule has 2 aromatic rings. The van der Waals surface area contributed by atoms with E-state index in [9.17, 15) is 4.79 Å². The van der Waals surface area contributed by atoms with Gasteiger partial charge in [0.2, 0.25) is 11.7 Å². The van der Waals surface area contributed by atoms with Gasteiger partial charge in [-0.15, -0.1) is 0 Å². The third-order valence-corrected chi connectivity index (χ3v) is 2.56. The molecule has 0 atom stereocenters. The van der Waals surface area contributed by atoms with Gasteiger partial charge in [-0.1, -0.05) is 18.2 Å². The van der Waals surface area contributed by atoms with Crippen molar-refractivity contribution in [1.29, 1.82) is 0 Å². The molecule has 19 heavy (non-hydrogen) atoms. The lowest BCUT2D eigenvalue weighted by Crippen LogP contribution is -2.24. The minimum absolute atomic E-state index is 0.219. The van der Waals surface area contributed by atoms with E-state index in [2.05, 4.69) is 10.3 Å². The van der Waals surface area contributed by atoms with Crippen molar-refractivity contribution in [3.05, 3.63) is 42.3 Å². The summed E-state index contributed by atoms with van der Waals surface area (Å²) in [5, 5.41) is 2.75. The van der Waals surface area contributed by atoms with Crippen LogP contribution in [0, 0.1) is 0 Å². The SMILES string of the molecule is COCCCNC(=O)c1cnc(-c2ccccc2)o1. The molecular formula is C14H16N2O3. The Morgan fingerprint density at radius 1 is 1.37 bits per heavy atom. The lowest BCUT2D eigenvalue weighted by atomic mass is 10.2. The third-order valence-electron chi connectivity index (χ3n) is 2.56. The highest BCUT2D eigenvalue weighted by molar-refractivity contribution is 5.91. The van der Waals surface area contributed by atoms with E-state index in [1.807, 2.05) is 30.3 Å². The van der Waals surface area contributed by atoms with Gasteiger partial charge >= 0.3 is 0 Å². The number of ether oxygens (including phenoxy) is 1. The summed E-state index contributed by atoms with van der Waals surface area (Å²) in [5.74, 6) is 0.407. The Kier molecular flexibility index (Phi) is 4.69. The molecule has 0 unspecified atom stereocenters. The topological polar surface area (TPSA) is 64.4 Å². The Morgan fingerprint density at radius 2 is 2.16 bits per heavy atom. The molecule has 5 heteroatoms. The molecule has 1 heterocycles. The molecule has 0 aliphatic carbocycles. The van der Waals surface area contributed by atoms with Crippen molar-refractivity contribution in [2.75, 3.05) is 20.3 Å². The number of amides is 1. The monoisotopic (exact) mass is 260 g/mol.